The van der Waals surface area contributed by atoms with E-state index in [-0.39, 0.29) is 12.1 Å². The van der Waals surface area contributed by atoms with Crippen molar-refractivity contribution in [1.29, 1.82) is 0 Å². The molecule has 1 aliphatic carbocycles. The van der Waals surface area contributed by atoms with Gasteiger partial charge in [-0.1, -0.05) is 23.7 Å². The number of hydrogen-bond donors (Lipinski definition) is 2. The van der Waals surface area contributed by atoms with E-state index in [1.807, 2.05) is 12.1 Å². The number of hydrogen-bond acceptors (Lipinski definition) is 6. The molecule has 0 amide bonds. The minimum atomic E-state index is -1.16. The van der Waals surface area contributed by atoms with Gasteiger partial charge in [0.1, 0.15) is 5.82 Å². The van der Waals surface area contributed by atoms with Crippen LogP contribution in [0.1, 0.15) is 49.1 Å². The Morgan fingerprint density at radius 2 is 1.91 bits per heavy atom. The Morgan fingerprint density at radius 3 is 2.48 bits per heavy atom. The van der Waals surface area contributed by atoms with Gasteiger partial charge in [-0.2, -0.15) is 0 Å². The first-order valence-corrected chi connectivity index (χ1v) is 13.9. The summed E-state index contributed by atoms with van der Waals surface area (Å²) in [5.74, 6) is 2.22. The second-order valence-corrected chi connectivity index (χ2v) is 11.5. The number of nitrogens with one attached hydrogen (secondary N) is 1. The molecule has 1 aromatic heterocycles. The predicted molar refractivity (Wildman–Crippen MR) is 136 cm³/mol. The van der Waals surface area contributed by atoms with Gasteiger partial charge in [0.2, 0.25) is 0 Å². The first-order valence-electron chi connectivity index (χ1n) is 11.9. The van der Waals surface area contributed by atoms with Crippen LogP contribution in [0.2, 0.25) is 5.02 Å². The molecule has 5 rings (SSSR count). The summed E-state index contributed by atoms with van der Waals surface area (Å²) in [5.41, 5.74) is 3.29. The maximum atomic E-state index is 12.9. The summed E-state index contributed by atoms with van der Waals surface area (Å²) in [6.07, 6.45) is 7.67. The third-order valence-electron chi connectivity index (χ3n) is 7.70. The van der Waals surface area contributed by atoms with Crippen LogP contribution in [0.3, 0.4) is 0 Å². The molecule has 6 nitrogen and oxygen atoms in total. The number of nitrogens with zero attached hydrogens (tertiary/aromatic N) is 3. The molecule has 178 valence electrons. The van der Waals surface area contributed by atoms with Crippen molar-refractivity contribution in [3.63, 3.8) is 0 Å². The maximum Gasteiger partial charge on any atom is 0.155 e. The van der Waals surface area contributed by atoms with Crippen molar-refractivity contribution >= 4 is 39.7 Å². The van der Waals surface area contributed by atoms with Crippen molar-refractivity contribution in [3.05, 3.63) is 40.4 Å². The van der Waals surface area contributed by atoms with Gasteiger partial charge in [0.05, 0.1) is 33.5 Å². The quantitative estimate of drug-likeness (QED) is 0.636. The second kappa shape index (κ2) is 9.08. The van der Waals surface area contributed by atoms with Crippen LogP contribution in [0.4, 0.5) is 17.3 Å². The average Bonchev–Trinajstić information content (AvgIpc) is 3.17. The predicted octanol–water partition coefficient (Wildman–Crippen LogP) is 4.18. The monoisotopic (exact) mass is 488 g/mol. The van der Waals surface area contributed by atoms with E-state index < -0.39 is 10.8 Å². The molecule has 1 saturated carbocycles. The summed E-state index contributed by atoms with van der Waals surface area (Å²) in [5, 5.41) is 14.4. The van der Waals surface area contributed by atoms with Crippen LogP contribution in [-0.4, -0.2) is 59.4 Å². The van der Waals surface area contributed by atoms with E-state index in [0.717, 1.165) is 85.1 Å². The summed E-state index contributed by atoms with van der Waals surface area (Å²) >= 11 is 6.08. The Bertz CT molecular complexity index is 1040. The lowest BCUT2D eigenvalue weighted by atomic mass is 9.77. The van der Waals surface area contributed by atoms with Crippen molar-refractivity contribution in [1.82, 2.24) is 4.98 Å². The van der Waals surface area contributed by atoms with Crippen LogP contribution < -0.4 is 15.1 Å². The number of likely N-dealkylation sites (N-methyl/N-ethyl adjacent to an activating group) is 1. The van der Waals surface area contributed by atoms with Crippen LogP contribution in [0, 0.1) is 0 Å². The molecule has 1 saturated heterocycles. The molecular formula is C25H33ClN4O2S. The van der Waals surface area contributed by atoms with Crippen LogP contribution in [0.15, 0.2) is 29.2 Å². The zero-order valence-electron chi connectivity index (χ0n) is 19.4. The fraction of sp³-hybridized carbons (Fsp3) is 0.560. The first kappa shape index (κ1) is 22.9. The van der Waals surface area contributed by atoms with Crippen LogP contribution in [0.5, 0.6) is 0 Å². The number of aliphatic hydroxyl groups is 1. The van der Waals surface area contributed by atoms with Crippen molar-refractivity contribution < 1.29 is 9.32 Å². The van der Waals surface area contributed by atoms with Crippen molar-refractivity contribution in [2.75, 3.05) is 54.7 Å². The zero-order chi connectivity index (χ0) is 23.2. The molecule has 2 fully saturated rings. The highest BCUT2D eigenvalue weighted by Gasteiger charge is 2.39. The lowest BCUT2D eigenvalue weighted by molar-refractivity contribution is 0.143. The van der Waals surface area contributed by atoms with E-state index in [2.05, 4.69) is 34.3 Å². The van der Waals surface area contributed by atoms with Crippen LogP contribution in [-0.2, 0) is 17.2 Å². The van der Waals surface area contributed by atoms with Gasteiger partial charge >= 0.3 is 0 Å². The van der Waals surface area contributed by atoms with Gasteiger partial charge in [0.15, 0.2) is 5.82 Å². The number of benzene rings is 1. The molecule has 3 aliphatic rings. The number of fused-ring (bicyclic) bond motifs is 1. The van der Waals surface area contributed by atoms with E-state index in [0.29, 0.717) is 11.7 Å². The van der Waals surface area contributed by atoms with Crippen molar-refractivity contribution in [3.8, 4) is 0 Å². The molecule has 1 atom stereocenters. The molecule has 2 aromatic rings. The molecule has 8 heteroatoms. The molecular weight excluding hydrogens is 456 g/mol. The van der Waals surface area contributed by atoms with Gasteiger partial charge in [-0.3, -0.25) is 4.21 Å². The third-order valence-corrected chi connectivity index (χ3v) is 8.97. The molecule has 33 heavy (non-hydrogen) atoms. The van der Waals surface area contributed by atoms with Crippen LogP contribution >= 0.6 is 11.6 Å². The Labute approximate surface area is 203 Å². The third kappa shape index (κ3) is 4.24. The molecule has 1 unspecified atom stereocenters. The highest BCUT2D eigenvalue weighted by molar-refractivity contribution is 7.84. The summed E-state index contributed by atoms with van der Waals surface area (Å²) in [4.78, 5) is 10.6. The van der Waals surface area contributed by atoms with Gasteiger partial charge in [-0.05, 0) is 62.1 Å². The van der Waals surface area contributed by atoms with Crippen molar-refractivity contribution in [2.24, 2.45) is 0 Å². The number of halogens is 1. The minimum absolute atomic E-state index is 0.0727. The van der Waals surface area contributed by atoms with E-state index in [1.54, 1.807) is 6.26 Å². The number of anilines is 3. The van der Waals surface area contributed by atoms with Gasteiger partial charge < -0.3 is 20.2 Å². The maximum absolute atomic E-state index is 12.9. The smallest absolute Gasteiger partial charge is 0.155 e. The topological polar surface area (TPSA) is 68.7 Å². The highest BCUT2D eigenvalue weighted by atomic mass is 35.5. The molecule has 2 aliphatic heterocycles. The summed E-state index contributed by atoms with van der Waals surface area (Å²) < 4.78 is 12.9. The number of pyridine rings is 1. The Morgan fingerprint density at radius 1 is 1.21 bits per heavy atom. The summed E-state index contributed by atoms with van der Waals surface area (Å²) in [6, 6.07) is 8.25. The molecule has 0 bridgehead atoms. The Kier molecular flexibility index (Phi) is 6.31. The van der Waals surface area contributed by atoms with E-state index in [9.17, 15) is 9.32 Å². The average molecular weight is 489 g/mol. The highest BCUT2D eigenvalue weighted by Crippen LogP contribution is 2.45. The van der Waals surface area contributed by atoms with E-state index in [1.165, 1.54) is 5.56 Å². The minimum Gasteiger partial charge on any atom is -0.394 e. The van der Waals surface area contributed by atoms with Gasteiger partial charge in [0, 0.05) is 43.5 Å². The Hall–Kier alpha value is -1.83. The second-order valence-electron chi connectivity index (χ2n) is 9.80. The fourth-order valence-electron chi connectivity index (χ4n) is 5.57. The summed E-state index contributed by atoms with van der Waals surface area (Å²) in [7, 11) is 0.945. The van der Waals surface area contributed by atoms with Crippen LogP contribution in [0.25, 0.3) is 0 Å². The fourth-order valence-corrected chi connectivity index (χ4v) is 6.61. The van der Waals surface area contributed by atoms with E-state index >= 15 is 0 Å². The number of aromatic nitrogens is 1. The lowest BCUT2D eigenvalue weighted by Crippen LogP contribution is -2.49. The lowest BCUT2D eigenvalue weighted by Gasteiger charge is -2.42. The molecule has 0 radical (unpaired) electrons. The standard InChI is InChI=1S/C25H33ClN4O2S/c1-29-13-10-20-21(29)24(27-23(22(20)33(2)32)28-25(16-31)11-3-12-25)30-14-8-18(9-15-30)17-4-6-19(26)7-5-17/h4-7,18,31H,3,8-16H2,1-2H3,(H,27,28). The summed E-state index contributed by atoms with van der Waals surface area (Å²) in [6.45, 7) is 2.84. The number of rotatable bonds is 6. The Balaban J connectivity index is 1.47. The first-order chi connectivity index (χ1) is 15.9. The zero-order valence-corrected chi connectivity index (χ0v) is 21.0. The number of aliphatic hydroxyl groups excluding tert-OH is 1. The van der Waals surface area contributed by atoms with Gasteiger partial charge in [0.25, 0.3) is 0 Å². The van der Waals surface area contributed by atoms with Crippen molar-refractivity contribution in [2.45, 2.75) is 54.9 Å². The molecule has 3 heterocycles. The normalized spacial score (nSPS) is 21.0. The van der Waals surface area contributed by atoms with Gasteiger partial charge in [-0.15, -0.1) is 0 Å². The van der Waals surface area contributed by atoms with Gasteiger partial charge in [-0.25, -0.2) is 4.98 Å². The molecule has 1 aromatic carbocycles. The van der Waals surface area contributed by atoms with E-state index in [4.69, 9.17) is 16.6 Å². The molecule has 2 N–H and O–H groups in total. The number of piperidine rings is 1. The SMILES string of the molecule is CN1CCc2c1c(N1CCC(c3ccc(Cl)cc3)CC1)nc(NC1(CO)CCC1)c2S(C)=O. The largest absolute Gasteiger partial charge is 0.394 e. The molecule has 0 spiro atoms.